The van der Waals surface area contributed by atoms with Gasteiger partial charge in [0.05, 0.1) is 0 Å². The van der Waals surface area contributed by atoms with Gasteiger partial charge in [0.1, 0.15) is 0 Å². The Hall–Kier alpha value is -7.80. The molecular formula is C104H170. The van der Waals surface area contributed by atoms with Crippen LogP contribution >= 0.6 is 0 Å². The van der Waals surface area contributed by atoms with Crippen LogP contribution in [0.5, 0.6) is 0 Å². The average molecular weight is 1420 g/mol. The summed E-state index contributed by atoms with van der Waals surface area (Å²) in [5, 5.41) is 0. The van der Waals surface area contributed by atoms with Crippen molar-refractivity contribution in [1.29, 1.82) is 0 Å². The molecule has 0 bridgehead atoms. The van der Waals surface area contributed by atoms with E-state index in [2.05, 4.69) is 242 Å². The Balaban J connectivity index is -0.000000104. The van der Waals surface area contributed by atoms with Crippen LogP contribution in [0.15, 0.2) is 334 Å². The van der Waals surface area contributed by atoms with Gasteiger partial charge in [-0.3, -0.25) is 0 Å². The molecule has 10 aromatic rings. The van der Waals surface area contributed by atoms with Gasteiger partial charge in [0.2, 0.25) is 0 Å². The Kier molecular flexibility index (Phi) is 101. The van der Waals surface area contributed by atoms with Gasteiger partial charge in [0.15, 0.2) is 0 Å². The predicted molar refractivity (Wildman–Crippen MR) is 492 cm³/mol. The van der Waals surface area contributed by atoms with E-state index in [1.165, 1.54) is 66.3 Å². The summed E-state index contributed by atoms with van der Waals surface area (Å²) in [4.78, 5) is 0. The van der Waals surface area contributed by atoms with Gasteiger partial charge < -0.3 is 0 Å². The molecule has 11 rings (SSSR count). The van der Waals surface area contributed by atoms with Crippen LogP contribution in [0, 0.1) is 16.2 Å². The zero-order valence-corrected chi connectivity index (χ0v) is 70.0. The first kappa shape index (κ1) is 120. The average Bonchev–Trinajstić information content (AvgIpc) is 0.783. The fourth-order valence-electron chi connectivity index (χ4n) is 8.15. The maximum Gasteiger partial charge on any atom is 0.0423 e. The van der Waals surface area contributed by atoms with Crippen molar-refractivity contribution in [2.24, 2.45) is 16.2 Å². The Morgan fingerprint density at radius 3 is 0.452 bits per heavy atom. The lowest BCUT2D eigenvalue weighted by atomic mass is 9.65. The third-order valence-electron chi connectivity index (χ3n) is 12.8. The number of benzene rings is 10. The molecule has 1 fully saturated rings. The van der Waals surface area contributed by atoms with Crippen LogP contribution in [0.4, 0.5) is 0 Å². The molecule has 0 N–H and O–H groups in total. The van der Waals surface area contributed by atoms with E-state index < -0.39 is 0 Å². The third kappa shape index (κ3) is 73.9. The SMILES string of the molecule is C.C.C.C.CC.CC.CC.CC.CC.CC.CC.CC.CC(C)(C)C.CC(C)(C)C.CC(c1ccccc1)(c1ccccc1)c1ccccc1.CCC(C)(C)C.c1ccc(C2(c3ccccc3)CCCCC2)cc1.c1ccccc1.c1ccccc1.c1ccccc1.c1ccccc1.c1ccccc1. The maximum absolute atomic E-state index is 2.30. The highest BCUT2D eigenvalue weighted by Gasteiger charge is 2.35. The third-order valence-corrected chi connectivity index (χ3v) is 12.8. The van der Waals surface area contributed by atoms with Gasteiger partial charge in [-0.05, 0) is 63.8 Å². The van der Waals surface area contributed by atoms with Gasteiger partial charge in [-0.2, -0.15) is 0 Å². The summed E-state index contributed by atoms with van der Waals surface area (Å²) in [6.07, 6.45) is 7.95. The second-order valence-electron chi connectivity index (χ2n) is 25.3. The molecule has 1 aliphatic carbocycles. The highest BCUT2D eigenvalue weighted by atomic mass is 14.4. The van der Waals surface area contributed by atoms with E-state index in [1.807, 2.05) is 293 Å². The monoisotopic (exact) mass is 1420 g/mol. The van der Waals surface area contributed by atoms with Crippen molar-refractivity contribution in [1.82, 2.24) is 0 Å². The van der Waals surface area contributed by atoms with Crippen molar-refractivity contribution in [3.63, 3.8) is 0 Å². The van der Waals surface area contributed by atoms with Crippen molar-refractivity contribution >= 4 is 0 Å². The van der Waals surface area contributed by atoms with Gasteiger partial charge in [-0.15, -0.1) is 0 Å². The molecule has 1 aliphatic rings. The standard InChI is InChI=1S/C20H18.C18H20.5C6H6.C6H14.2C5H12.8C2H6.4CH4/c1-20(17-11-5-2-6-12-17,18-13-7-3-8-14-18)19-15-9-4-10-16-19;1-4-10-16(11-5-1)18(14-8-3-9-15-18)17-12-6-2-7-13-17;5*1-2-4-6-5-3-1;1-5-6(2,3)4;2*1-5(2,3)4;8*1-2;;;;/h2-16H,1H3;1-2,4-7,10-13H,3,8-9,14-15H2;5*1-6H;5H2,1-4H3;2*1-4H3;8*1-2H3;4*1H4. The minimum absolute atomic E-state index is 0. The Bertz CT molecular complexity index is 2420. The first-order valence-corrected chi connectivity index (χ1v) is 38.6. The lowest BCUT2D eigenvalue weighted by molar-refractivity contribution is 0.346. The van der Waals surface area contributed by atoms with Gasteiger partial charge in [0, 0.05) is 10.8 Å². The summed E-state index contributed by atoms with van der Waals surface area (Å²) < 4.78 is 0. The van der Waals surface area contributed by atoms with Gasteiger partial charge in [0.25, 0.3) is 0 Å². The van der Waals surface area contributed by atoms with Gasteiger partial charge in [-0.25, -0.2) is 0 Å². The molecular weight excluding hydrogens is 1250 g/mol. The van der Waals surface area contributed by atoms with Crippen molar-refractivity contribution in [3.8, 4) is 0 Å². The summed E-state index contributed by atoms with van der Waals surface area (Å²) in [5.41, 5.74) is 8.63. The molecule has 0 aromatic heterocycles. The normalized spacial score (nSPS) is 9.97. The fraction of sp³-hybridized carbons (Fsp3) is 0.423. The molecule has 0 saturated heterocycles. The molecule has 0 nitrogen and oxygen atoms in total. The van der Waals surface area contributed by atoms with Gasteiger partial charge in [-0.1, -0.05) is 583 Å². The molecule has 10 aromatic carbocycles. The molecule has 0 amide bonds. The molecule has 0 heterocycles. The summed E-state index contributed by atoms with van der Waals surface area (Å²) in [7, 11) is 0. The van der Waals surface area contributed by atoms with E-state index >= 15 is 0 Å². The molecule has 0 atom stereocenters. The summed E-state index contributed by atoms with van der Waals surface area (Å²) >= 11 is 0. The molecule has 0 radical (unpaired) electrons. The van der Waals surface area contributed by atoms with Crippen molar-refractivity contribution < 1.29 is 0 Å². The van der Waals surface area contributed by atoms with E-state index in [-0.39, 0.29) is 40.5 Å². The fourth-order valence-corrected chi connectivity index (χ4v) is 8.15. The first-order chi connectivity index (χ1) is 48.3. The minimum atomic E-state index is -0.121. The highest BCUT2D eigenvalue weighted by Crippen LogP contribution is 2.45. The van der Waals surface area contributed by atoms with E-state index in [0.717, 1.165) is 0 Å². The molecule has 0 aliphatic heterocycles. The van der Waals surface area contributed by atoms with Crippen molar-refractivity contribution in [2.45, 2.75) is 280 Å². The highest BCUT2D eigenvalue weighted by molar-refractivity contribution is 5.49. The van der Waals surface area contributed by atoms with E-state index in [9.17, 15) is 0 Å². The lowest BCUT2D eigenvalue weighted by Crippen LogP contribution is -2.30. The zero-order valence-electron chi connectivity index (χ0n) is 70.0. The summed E-state index contributed by atoms with van der Waals surface area (Å²) in [6, 6.07) is 114. The minimum Gasteiger partial charge on any atom is -0.0776 e. The Morgan fingerprint density at radius 1 is 0.212 bits per heavy atom. The van der Waals surface area contributed by atoms with Crippen LogP contribution in [0.3, 0.4) is 0 Å². The van der Waals surface area contributed by atoms with Crippen molar-refractivity contribution in [3.05, 3.63) is 361 Å². The van der Waals surface area contributed by atoms with Gasteiger partial charge >= 0.3 is 0 Å². The summed E-state index contributed by atoms with van der Waals surface area (Å²) in [5.74, 6) is 0. The second-order valence-corrected chi connectivity index (χ2v) is 25.3. The van der Waals surface area contributed by atoms with Crippen LogP contribution in [-0.4, -0.2) is 0 Å². The predicted octanol–water partition coefficient (Wildman–Crippen LogP) is 35.7. The Labute approximate surface area is 653 Å². The second kappa shape index (κ2) is 87.6. The molecule has 586 valence electrons. The zero-order chi connectivity index (χ0) is 77.5. The topological polar surface area (TPSA) is 0 Å². The van der Waals surface area contributed by atoms with E-state index in [4.69, 9.17) is 0 Å². The first-order valence-electron chi connectivity index (χ1n) is 38.6. The number of hydrogen-bond acceptors (Lipinski definition) is 0. The lowest BCUT2D eigenvalue weighted by Gasteiger charge is -2.38. The van der Waals surface area contributed by atoms with E-state index in [1.54, 1.807) is 0 Å². The number of rotatable bonds is 5. The number of hydrogen-bond donors (Lipinski definition) is 0. The largest absolute Gasteiger partial charge is 0.0776 e. The van der Waals surface area contributed by atoms with Crippen LogP contribution in [0.25, 0.3) is 0 Å². The molecule has 1 saturated carbocycles. The van der Waals surface area contributed by atoms with E-state index in [0.29, 0.717) is 16.2 Å². The molecule has 0 unspecified atom stereocenters. The van der Waals surface area contributed by atoms with Crippen LogP contribution < -0.4 is 0 Å². The van der Waals surface area contributed by atoms with Crippen LogP contribution in [0.1, 0.15) is 297 Å². The summed E-state index contributed by atoms with van der Waals surface area (Å²) in [6.45, 7) is 60.7. The molecule has 104 heavy (non-hydrogen) atoms. The molecule has 0 spiro atoms. The smallest absolute Gasteiger partial charge is 0.0423 e. The Morgan fingerprint density at radius 2 is 0.327 bits per heavy atom. The van der Waals surface area contributed by atoms with Crippen LogP contribution in [-0.2, 0) is 10.8 Å². The molecule has 0 heteroatoms. The van der Waals surface area contributed by atoms with Crippen molar-refractivity contribution in [2.75, 3.05) is 0 Å². The maximum atomic E-state index is 2.30. The quantitative estimate of drug-likeness (QED) is 0.151. The van der Waals surface area contributed by atoms with Crippen LogP contribution in [0.2, 0.25) is 0 Å².